The summed E-state index contributed by atoms with van der Waals surface area (Å²) in [7, 11) is 0. The summed E-state index contributed by atoms with van der Waals surface area (Å²) in [6, 6.07) is 20.1. The van der Waals surface area contributed by atoms with Crippen LogP contribution in [0.3, 0.4) is 0 Å². The highest BCUT2D eigenvalue weighted by atomic mass is 16.3. The van der Waals surface area contributed by atoms with Gasteiger partial charge in [0, 0.05) is 13.1 Å². The van der Waals surface area contributed by atoms with Crippen LogP contribution >= 0.6 is 0 Å². The number of hydrogen-bond donors (Lipinski definition) is 2. The van der Waals surface area contributed by atoms with Crippen LogP contribution in [0.2, 0.25) is 0 Å². The van der Waals surface area contributed by atoms with E-state index in [4.69, 9.17) is 0 Å². The van der Waals surface area contributed by atoms with Crippen molar-refractivity contribution < 1.29 is 10.2 Å². The number of benzene rings is 2. The van der Waals surface area contributed by atoms with Crippen molar-refractivity contribution in [1.82, 2.24) is 9.80 Å². The first-order chi connectivity index (χ1) is 16.2. The van der Waals surface area contributed by atoms with Crippen LogP contribution in [0.15, 0.2) is 60.7 Å². The molecule has 180 valence electrons. The molecular formula is C29H42N2O2. The summed E-state index contributed by atoms with van der Waals surface area (Å²) >= 11 is 0. The minimum Gasteiger partial charge on any atom is -0.387 e. The number of rotatable bonds is 10. The Kier molecular flexibility index (Phi) is 9.36. The Morgan fingerprint density at radius 3 is 1.33 bits per heavy atom. The van der Waals surface area contributed by atoms with Gasteiger partial charge in [0.1, 0.15) is 0 Å². The van der Waals surface area contributed by atoms with E-state index in [9.17, 15) is 10.2 Å². The smallest absolute Gasteiger partial charge is 0.0916 e. The van der Waals surface area contributed by atoms with Crippen molar-refractivity contribution in [2.24, 2.45) is 11.8 Å². The molecule has 0 unspecified atom stereocenters. The molecule has 2 atom stereocenters. The number of likely N-dealkylation sites (tertiary alicyclic amines) is 2. The summed E-state index contributed by atoms with van der Waals surface area (Å²) in [6.07, 6.45) is 8.44. The summed E-state index contributed by atoms with van der Waals surface area (Å²) < 4.78 is 0. The highest BCUT2D eigenvalue weighted by Gasteiger charge is 2.24. The van der Waals surface area contributed by atoms with Gasteiger partial charge in [-0.1, -0.05) is 79.9 Å². The third kappa shape index (κ3) is 7.65. The van der Waals surface area contributed by atoms with Crippen LogP contribution in [0.4, 0.5) is 0 Å². The second-order valence-corrected chi connectivity index (χ2v) is 10.3. The average molecular weight is 451 g/mol. The summed E-state index contributed by atoms with van der Waals surface area (Å²) in [4.78, 5) is 4.88. The maximum Gasteiger partial charge on any atom is 0.0916 e. The largest absolute Gasteiger partial charge is 0.387 e. The molecule has 0 aliphatic carbocycles. The molecule has 2 fully saturated rings. The first kappa shape index (κ1) is 24.4. The van der Waals surface area contributed by atoms with Gasteiger partial charge in [-0.3, -0.25) is 0 Å². The van der Waals surface area contributed by atoms with E-state index in [-0.39, 0.29) is 12.2 Å². The Hall–Kier alpha value is -1.72. The van der Waals surface area contributed by atoms with Crippen LogP contribution in [-0.4, -0.2) is 59.3 Å². The van der Waals surface area contributed by atoms with Crippen molar-refractivity contribution in [2.75, 3.05) is 39.3 Å². The zero-order valence-electron chi connectivity index (χ0n) is 20.1. The second kappa shape index (κ2) is 12.7. The van der Waals surface area contributed by atoms with E-state index in [0.717, 1.165) is 62.2 Å². The van der Waals surface area contributed by atoms with Gasteiger partial charge in [-0.25, -0.2) is 0 Å². The molecule has 2 heterocycles. The minimum absolute atomic E-state index is 0.373. The molecule has 2 aliphatic heterocycles. The molecule has 0 amide bonds. The van der Waals surface area contributed by atoms with Crippen LogP contribution < -0.4 is 0 Å². The van der Waals surface area contributed by atoms with E-state index in [1.54, 1.807) is 0 Å². The number of hydrogen-bond acceptors (Lipinski definition) is 4. The molecule has 33 heavy (non-hydrogen) atoms. The molecule has 4 rings (SSSR count). The molecular weight excluding hydrogens is 408 g/mol. The first-order valence-corrected chi connectivity index (χ1v) is 13.1. The Balaban J connectivity index is 1.07. The van der Waals surface area contributed by atoms with E-state index >= 15 is 0 Å². The van der Waals surface area contributed by atoms with Gasteiger partial charge in [-0.05, 0) is 74.8 Å². The van der Waals surface area contributed by atoms with Crippen LogP contribution in [0.5, 0.6) is 0 Å². The van der Waals surface area contributed by atoms with E-state index in [1.807, 2.05) is 60.7 Å². The van der Waals surface area contributed by atoms with Crippen molar-refractivity contribution in [1.29, 1.82) is 0 Å². The van der Waals surface area contributed by atoms with Crippen LogP contribution in [-0.2, 0) is 0 Å². The lowest BCUT2D eigenvalue weighted by Crippen LogP contribution is -2.37. The Labute approximate surface area is 200 Å². The normalized spacial score (nSPS) is 21.2. The van der Waals surface area contributed by atoms with Crippen LogP contribution in [0.25, 0.3) is 0 Å². The number of β-amino-alcohol motifs (C(OH)–C–C–N with tert-alkyl or cyclic N) is 2. The molecule has 2 saturated heterocycles. The maximum absolute atomic E-state index is 10.5. The molecule has 4 heteroatoms. The predicted octanol–water partition coefficient (Wildman–Crippen LogP) is 5.05. The number of nitrogens with zero attached hydrogens (tertiary/aromatic N) is 2. The van der Waals surface area contributed by atoms with Gasteiger partial charge in [0.25, 0.3) is 0 Å². The Morgan fingerprint density at radius 2 is 0.970 bits per heavy atom. The quantitative estimate of drug-likeness (QED) is 0.532. The molecule has 2 aromatic carbocycles. The van der Waals surface area contributed by atoms with Crippen molar-refractivity contribution in [2.45, 2.75) is 57.2 Å². The fourth-order valence-corrected chi connectivity index (χ4v) is 5.66. The lowest BCUT2D eigenvalue weighted by atomic mass is 9.86. The number of aliphatic hydroxyl groups excluding tert-OH is 2. The van der Waals surface area contributed by atoms with Crippen molar-refractivity contribution in [3.63, 3.8) is 0 Å². The van der Waals surface area contributed by atoms with Crippen molar-refractivity contribution >= 4 is 0 Å². The Bertz CT molecular complexity index is 716. The van der Waals surface area contributed by atoms with Gasteiger partial charge in [-0.2, -0.15) is 0 Å². The van der Waals surface area contributed by atoms with E-state index in [2.05, 4.69) is 9.80 Å². The monoisotopic (exact) mass is 450 g/mol. The Morgan fingerprint density at radius 1 is 0.606 bits per heavy atom. The fourth-order valence-electron chi connectivity index (χ4n) is 5.66. The fraction of sp³-hybridized carbons (Fsp3) is 0.586. The van der Waals surface area contributed by atoms with Crippen molar-refractivity contribution in [3.05, 3.63) is 71.8 Å². The lowest BCUT2D eigenvalue weighted by Gasteiger charge is -2.34. The first-order valence-electron chi connectivity index (χ1n) is 13.1. The standard InChI is InChI=1S/C29H42N2O2/c32-28(26-10-3-1-4-11-26)22-30-18-14-24(15-19-30)8-7-9-25-16-20-31(21-17-25)23-29(33)27-12-5-2-6-13-27/h1-6,10-13,24-25,28-29,32-33H,7-9,14-23H2/t28-,29-/m1/s1. The van der Waals surface area contributed by atoms with E-state index < -0.39 is 0 Å². The van der Waals surface area contributed by atoms with Gasteiger partial charge in [0.2, 0.25) is 0 Å². The summed E-state index contributed by atoms with van der Waals surface area (Å²) in [6.45, 7) is 6.00. The minimum atomic E-state index is -0.373. The van der Waals surface area contributed by atoms with Crippen LogP contribution in [0.1, 0.15) is 68.3 Å². The molecule has 2 N–H and O–H groups in total. The van der Waals surface area contributed by atoms with E-state index in [0.29, 0.717) is 0 Å². The highest BCUT2D eigenvalue weighted by Crippen LogP contribution is 2.28. The molecule has 2 aromatic rings. The molecule has 0 radical (unpaired) electrons. The van der Waals surface area contributed by atoms with Crippen molar-refractivity contribution in [3.8, 4) is 0 Å². The molecule has 4 nitrogen and oxygen atoms in total. The van der Waals surface area contributed by atoms with Gasteiger partial charge in [0.05, 0.1) is 12.2 Å². The molecule has 2 aliphatic rings. The third-order valence-electron chi connectivity index (χ3n) is 7.87. The highest BCUT2D eigenvalue weighted by molar-refractivity contribution is 5.18. The molecule has 0 saturated carbocycles. The van der Waals surface area contributed by atoms with Gasteiger partial charge in [0.15, 0.2) is 0 Å². The second-order valence-electron chi connectivity index (χ2n) is 10.3. The van der Waals surface area contributed by atoms with E-state index in [1.165, 1.54) is 44.9 Å². The summed E-state index contributed by atoms with van der Waals surface area (Å²) in [5, 5.41) is 21.0. The molecule has 0 aromatic heterocycles. The zero-order valence-corrected chi connectivity index (χ0v) is 20.1. The summed E-state index contributed by atoms with van der Waals surface area (Å²) in [5.41, 5.74) is 2.06. The SMILES string of the molecule is O[C@H](CN1CCC(CCCC2CCN(C[C@@H](O)c3ccccc3)CC2)CC1)c1ccccc1. The summed E-state index contributed by atoms with van der Waals surface area (Å²) in [5.74, 6) is 1.72. The lowest BCUT2D eigenvalue weighted by molar-refractivity contribution is 0.0833. The molecule has 0 spiro atoms. The van der Waals surface area contributed by atoms with Crippen LogP contribution in [0, 0.1) is 11.8 Å². The maximum atomic E-state index is 10.5. The predicted molar refractivity (Wildman–Crippen MR) is 135 cm³/mol. The number of aliphatic hydroxyl groups is 2. The topological polar surface area (TPSA) is 46.9 Å². The number of piperidine rings is 2. The molecule has 0 bridgehead atoms. The van der Waals surface area contributed by atoms with Gasteiger partial charge >= 0.3 is 0 Å². The average Bonchev–Trinajstić information content (AvgIpc) is 2.87. The van der Waals surface area contributed by atoms with Gasteiger partial charge in [-0.15, -0.1) is 0 Å². The van der Waals surface area contributed by atoms with Gasteiger partial charge < -0.3 is 20.0 Å². The third-order valence-corrected chi connectivity index (χ3v) is 7.87. The zero-order chi connectivity index (χ0) is 22.9.